The van der Waals surface area contributed by atoms with Crippen molar-refractivity contribution in [2.75, 3.05) is 13.2 Å². The van der Waals surface area contributed by atoms with E-state index < -0.39 is 8.32 Å². The third kappa shape index (κ3) is 5.47. The molecule has 1 aliphatic carbocycles. The van der Waals surface area contributed by atoms with Gasteiger partial charge in [0.1, 0.15) is 0 Å². The van der Waals surface area contributed by atoms with Gasteiger partial charge in [0.25, 0.3) is 8.32 Å². The molecule has 3 saturated heterocycles. The van der Waals surface area contributed by atoms with E-state index in [0.717, 1.165) is 25.9 Å². The number of carbonyl (C=O) groups excluding carboxylic acids is 1. The fourth-order valence-electron chi connectivity index (χ4n) is 9.47. The number of carbonyl (C=O) groups is 1. The molecule has 0 aromatic heterocycles. The molecule has 3 heterocycles. The smallest absolute Gasteiger partial charge is 0.410 e. The molecule has 238 valence electrons. The zero-order valence-electron chi connectivity index (χ0n) is 27.5. The maximum absolute atomic E-state index is 13.7. The van der Waals surface area contributed by atoms with Crippen LogP contribution in [0.2, 0.25) is 5.04 Å². The summed E-state index contributed by atoms with van der Waals surface area (Å²) in [4.78, 5) is 18.5. The first-order valence-corrected chi connectivity index (χ1v) is 19.3. The van der Waals surface area contributed by atoms with Crippen molar-refractivity contribution in [3.05, 3.63) is 96.1 Å². The Hall–Kier alpha value is -2.93. The van der Waals surface area contributed by atoms with Crippen LogP contribution in [0.15, 0.2) is 84.9 Å². The first-order valence-electron chi connectivity index (χ1n) is 17.4. The monoisotopic (exact) mass is 622 g/mol. The Bertz CT molecular complexity index is 1430. The van der Waals surface area contributed by atoms with Gasteiger partial charge in [-0.25, -0.2) is 4.79 Å². The predicted molar refractivity (Wildman–Crippen MR) is 184 cm³/mol. The number of nitrogens with zero attached hydrogens (tertiary/aromatic N) is 2. The predicted octanol–water partition coefficient (Wildman–Crippen LogP) is 7.09. The number of likely N-dealkylation sites (tertiary alicyclic amines) is 1. The first-order chi connectivity index (χ1) is 21.8. The first kappa shape index (κ1) is 30.7. The summed E-state index contributed by atoms with van der Waals surface area (Å²) in [6.45, 7) is 11.3. The Kier molecular flexibility index (Phi) is 8.43. The number of amides is 1. The summed E-state index contributed by atoms with van der Waals surface area (Å²) in [6.07, 6.45) is 7.03. The van der Waals surface area contributed by atoms with Crippen molar-refractivity contribution in [2.24, 2.45) is 5.92 Å². The third-order valence-electron chi connectivity index (χ3n) is 11.3. The molecule has 1 saturated carbocycles. The number of ether oxygens (including phenoxy) is 1. The van der Waals surface area contributed by atoms with Crippen LogP contribution in [0.5, 0.6) is 0 Å². The highest BCUT2D eigenvalue weighted by Gasteiger charge is 2.64. The lowest BCUT2D eigenvalue weighted by molar-refractivity contribution is 0.00794. The van der Waals surface area contributed by atoms with Crippen LogP contribution in [0.3, 0.4) is 0 Å². The van der Waals surface area contributed by atoms with Gasteiger partial charge in [-0.15, -0.1) is 0 Å². The minimum Gasteiger partial charge on any atom is -0.450 e. The van der Waals surface area contributed by atoms with E-state index in [2.05, 4.69) is 116 Å². The van der Waals surface area contributed by atoms with Gasteiger partial charge in [-0.1, -0.05) is 119 Å². The fraction of sp³-hybridized carbons (Fsp3) is 0.513. The van der Waals surface area contributed by atoms with Gasteiger partial charge < -0.3 is 9.16 Å². The molecule has 5 nitrogen and oxygen atoms in total. The van der Waals surface area contributed by atoms with Crippen LogP contribution in [-0.4, -0.2) is 61.6 Å². The summed E-state index contributed by atoms with van der Waals surface area (Å²) in [5, 5.41) is 2.44. The Morgan fingerprint density at radius 2 is 1.51 bits per heavy atom. The minimum absolute atomic E-state index is 0.00859. The molecule has 0 N–H and O–H groups in total. The van der Waals surface area contributed by atoms with Gasteiger partial charge in [-0.3, -0.25) is 9.80 Å². The van der Waals surface area contributed by atoms with Crippen LogP contribution in [0.1, 0.15) is 83.3 Å². The van der Waals surface area contributed by atoms with Crippen LogP contribution in [0.25, 0.3) is 0 Å². The summed E-state index contributed by atoms with van der Waals surface area (Å²) >= 11 is 0. The van der Waals surface area contributed by atoms with Gasteiger partial charge in [0, 0.05) is 13.1 Å². The van der Waals surface area contributed by atoms with E-state index in [1.165, 1.54) is 47.2 Å². The number of piperidine rings is 2. The second-order valence-corrected chi connectivity index (χ2v) is 19.2. The number of benzene rings is 3. The van der Waals surface area contributed by atoms with E-state index in [9.17, 15) is 4.79 Å². The average Bonchev–Trinajstić information content (AvgIpc) is 3.61. The van der Waals surface area contributed by atoms with Crippen molar-refractivity contribution in [1.82, 2.24) is 9.80 Å². The highest BCUT2D eigenvalue weighted by atomic mass is 28.4. The Labute approximate surface area is 271 Å². The molecular formula is C39H50N2O3Si. The maximum Gasteiger partial charge on any atom is 0.410 e. The lowest BCUT2D eigenvalue weighted by atomic mass is 9.86. The van der Waals surface area contributed by atoms with Crippen molar-refractivity contribution >= 4 is 24.8 Å². The zero-order chi connectivity index (χ0) is 31.2. The van der Waals surface area contributed by atoms with E-state index in [1.807, 2.05) is 6.92 Å². The molecule has 4 fully saturated rings. The van der Waals surface area contributed by atoms with Crippen molar-refractivity contribution in [2.45, 2.75) is 108 Å². The molecule has 0 radical (unpaired) electrons. The molecule has 3 bridgehead atoms. The van der Waals surface area contributed by atoms with Gasteiger partial charge in [-0.2, -0.15) is 0 Å². The molecule has 3 aromatic carbocycles. The number of rotatable bonds is 8. The molecule has 0 spiro atoms. The molecular weight excluding hydrogens is 573 g/mol. The third-order valence-corrected chi connectivity index (χ3v) is 16.3. The lowest BCUT2D eigenvalue weighted by Crippen LogP contribution is -2.69. The number of fused-ring (bicyclic) bond motifs is 2. The normalized spacial score (nSPS) is 26.8. The second-order valence-electron chi connectivity index (χ2n) is 15.0. The highest BCUT2D eigenvalue weighted by molar-refractivity contribution is 6.99. The number of hydrogen-bond acceptors (Lipinski definition) is 4. The molecule has 5 atom stereocenters. The molecule has 7 rings (SSSR count). The van der Waals surface area contributed by atoms with Gasteiger partial charge in [-0.05, 0) is 71.0 Å². The average molecular weight is 623 g/mol. The SMILES string of the molecule is CCOC(=O)N1C2CC3CC1[C@H](O[Si](c1ccccc1)(c1ccccc1)C(C)(C)C)C2N(Cc1cccc(C2CCCC2)c1)C3. The summed E-state index contributed by atoms with van der Waals surface area (Å²) in [5.41, 5.74) is 2.89. The van der Waals surface area contributed by atoms with Crippen LogP contribution in [-0.2, 0) is 15.7 Å². The Morgan fingerprint density at radius 1 is 0.867 bits per heavy atom. The summed E-state index contributed by atoms with van der Waals surface area (Å²) in [7, 11) is -2.85. The van der Waals surface area contributed by atoms with E-state index >= 15 is 0 Å². The van der Waals surface area contributed by atoms with Crippen molar-refractivity contribution in [1.29, 1.82) is 0 Å². The molecule has 1 amide bonds. The quantitative estimate of drug-likeness (QED) is 0.252. The Morgan fingerprint density at radius 3 is 2.13 bits per heavy atom. The summed E-state index contributed by atoms with van der Waals surface area (Å²) < 4.78 is 13.7. The van der Waals surface area contributed by atoms with Gasteiger partial charge in [0.15, 0.2) is 0 Å². The summed E-state index contributed by atoms with van der Waals surface area (Å²) in [5.74, 6) is 1.25. The molecule has 3 aromatic rings. The lowest BCUT2D eigenvalue weighted by Gasteiger charge is -2.47. The second kappa shape index (κ2) is 12.3. The van der Waals surface area contributed by atoms with Crippen LogP contribution >= 0.6 is 0 Å². The van der Waals surface area contributed by atoms with Crippen molar-refractivity contribution < 1.29 is 14.0 Å². The van der Waals surface area contributed by atoms with Crippen LogP contribution in [0.4, 0.5) is 4.79 Å². The fourth-order valence-corrected chi connectivity index (χ4v) is 14.2. The van der Waals surface area contributed by atoms with Gasteiger partial charge in [0.2, 0.25) is 0 Å². The van der Waals surface area contributed by atoms with E-state index in [4.69, 9.17) is 9.16 Å². The van der Waals surface area contributed by atoms with Gasteiger partial charge in [0.05, 0.1) is 30.8 Å². The highest BCUT2D eigenvalue weighted by Crippen LogP contribution is 2.50. The largest absolute Gasteiger partial charge is 0.450 e. The minimum atomic E-state index is -2.85. The number of hydrogen-bond donors (Lipinski definition) is 0. The molecule has 3 aliphatic heterocycles. The van der Waals surface area contributed by atoms with E-state index in [0.29, 0.717) is 18.4 Å². The molecule has 4 aliphatic rings. The molecule has 45 heavy (non-hydrogen) atoms. The van der Waals surface area contributed by atoms with Gasteiger partial charge >= 0.3 is 6.09 Å². The standard InChI is InChI=1S/C39H50N2O3Si/c1-5-43-38(42)41-34-24-29-25-35(41)37(36(34)40(27-29)26-28-15-14-18-31(23-28)30-16-12-13-17-30)44-45(39(2,3)4,32-19-8-6-9-20-32)33-21-10-7-11-22-33/h6-11,14-15,18-23,29-30,34-37H,5,12-13,16-17,24-27H2,1-4H3/t29?,34?,35?,36?,37-/m0/s1. The summed E-state index contributed by atoms with van der Waals surface area (Å²) in [6, 6.07) is 31.5. The van der Waals surface area contributed by atoms with E-state index in [1.54, 1.807) is 0 Å². The zero-order valence-corrected chi connectivity index (χ0v) is 28.5. The Balaban J connectivity index is 1.31. The topological polar surface area (TPSA) is 42.0 Å². The molecule has 6 heteroatoms. The maximum atomic E-state index is 13.7. The van der Waals surface area contributed by atoms with E-state index in [-0.39, 0.29) is 35.4 Å². The molecule has 4 unspecified atom stereocenters. The van der Waals surface area contributed by atoms with Crippen molar-refractivity contribution in [3.8, 4) is 0 Å². The van der Waals surface area contributed by atoms with Crippen molar-refractivity contribution in [3.63, 3.8) is 0 Å². The van der Waals surface area contributed by atoms with Crippen LogP contribution in [0, 0.1) is 5.92 Å². The van der Waals surface area contributed by atoms with Crippen LogP contribution < -0.4 is 10.4 Å².